The minimum atomic E-state index is 0. The Labute approximate surface area is 35.4 Å². The number of aliphatic hydroxyl groups excluding tert-OH is 1. The standard InChI is InChI=1S/CHO2.2H3N.H2O/c2-1-3;;;/h(H,2,3);2*1H3;1H2/q+1;;;. The molecule has 0 fully saturated rings. The number of hydrogen-bond acceptors (Lipinski definition) is 3. The van der Waals surface area contributed by atoms with Gasteiger partial charge in [-0.2, -0.15) is 0 Å². The van der Waals surface area contributed by atoms with Crippen LogP contribution in [-0.2, 0) is 4.79 Å². The summed E-state index contributed by atoms with van der Waals surface area (Å²) in [5.74, 6) is 0. The van der Waals surface area contributed by atoms with E-state index in [2.05, 4.69) is 0 Å². The van der Waals surface area contributed by atoms with Crippen LogP contribution >= 0.6 is 0 Å². The Kier molecular flexibility index (Phi) is 6710. The third-order valence-electron chi connectivity index (χ3n) is 0. The largest absolute Gasteiger partial charge is 0.794 e. The van der Waals surface area contributed by atoms with Crippen molar-refractivity contribution in [2.45, 2.75) is 0 Å². The molecular weight excluding hydrogens is 88.0 g/mol. The molecule has 0 radical (unpaired) electrons. The SMILES string of the molecule is N.N.O.O=[C+]O. The summed E-state index contributed by atoms with van der Waals surface area (Å²) in [5, 5.41) is 6.76. The van der Waals surface area contributed by atoms with Gasteiger partial charge in [0.1, 0.15) is 0 Å². The molecule has 0 heterocycles. The second-order valence-electron chi connectivity index (χ2n) is 0.0913. The highest BCUT2D eigenvalue weighted by Crippen LogP contribution is 0.973. The van der Waals surface area contributed by atoms with Crippen LogP contribution in [0.2, 0.25) is 0 Å². The first-order valence-electron chi connectivity index (χ1n) is 0.428. The van der Waals surface area contributed by atoms with Crippen LogP contribution in [0.4, 0.5) is 0 Å². The number of hydrogen-bond donors (Lipinski definition) is 3. The van der Waals surface area contributed by atoms with Crippen LogP contribution in [0.1, 0.15) is 0 Å². The molecule has 0 aromatic carbocycles. The third kappa shape index (κ3) is 30.4. The summed E-state index contributed by atoms with van der Waals surface area (Å²) in [6, 6.07) is 0. The molecule has 0 saturated heterocycles. The molecule has 0 rings (SSSR count). The van der Waals surface area contributed by atoms with Gasteiger partial charge in [0.15, 0.2) is 0 Å². The monoisotopic (exact) mass is 97.1 g/mol. The molecule has 0 aliphatic carbocycles. The van der Waals surface area contributed by atoms with Crippen molar-refractivity contribution in [3.63, 3.8) is 0 Å². The predicted molar refractivity (Wildman–Crippen MR) is 22.0 cm³/mol. The zero-order valence-electron chi connectivity index (χ0n) is 3.27. The van der Waals surface area contributed by atoms with Gasteiger partial charge in [-0.15, -0.1) is 0 Å². The molecule has 0 aromatic heterocycles. The van der Waals surface area contributed by atoms with Crippen molar-refractivity contribution in [3.8, 4) is 0 Å². The summed E-state index contributed by atoms with van der Waals surface area (Å²) in [5.41, 5.74) is 0. The van der Waals surface area contributed by atoms with Crippen molar-refractivity contribution in [2.75, 3.05) is 0 Å². The summed E-state index contributed by atoms with van der Waals surface area (Å²) in [6.07, 6.45) is 0. The predicted octanol–water partition coefficient (Wildman–Crippen LogP) is -0.889. The fourth-order valence-corrected chi connectivity index (χ4v) is 0. The molecule has 0 aromatic rings. The Morgan fingerprint density at radius 3 is 1.33 bits per heavy atom. The Hall–Kier alpha value is -0.740. The van der Waals surface area contributed by atoms with Crippen LogP contribution < -0.4 is 12.3 Å². The van der Waals surface area contributed by atoms with E-state index < -0.39 is 0 Å². The van der Waals surface area contributed by atoms with E-state index in [1.807, 2.05) is 0 Å². The Morgan fingerprint density at radius 2 is 1.33 bits per heavy atom. The first-order valence-corrected chi connectivity index (χ1v) is 0.428. The van der Waals surface area contributed by atoms with Crippen molar-refractivity contribution in [3.05, 3.63) is 0 Å². The van der Waals surface area contributed by atoms with E-state index in [0.717, 1.165) is 0 Å². The fraction of sp³-hybridized carbons (Fsp3) is 0. The van der Waals surface area contributed by atoms with Crippen LogP contribution in [-0.4, -0.2) is 17.1 Å². The quantitative estimate of drug-likeness (QED) is 0.337. The van der Waals surface area contributed by atoms with E-state index in [1.54, 1.807) is 0 Å². The van der Waals surface area contributed by atoms with Crippen molar-refractivity contribution in [2.24, 2.45) is 0 Å². The fourth-order valence-electron chi connectivity index (χ4n) is 0. The van der Waals surface area contributed by atoms with E-state index >= 15 is 0 Å². The van der Waals surface area contributed by atoms with Gasteiger partial charge < -0.3 is 17.8 Å². The molecule has 0 unspecified atom stereocenters. The molecule has 5 heteroatoms. The van der Waals surface area contributed by atoms with Gasteiger partial charge in [0.2, 0.25) is 0 Å². The molecule has 0 aliphatic rings. The molecule has 40 valence electrons. The second kappa shape index (κ2) is 670. The average Bonchev–Trinajstić information content (AvgIpc) is 0.918. The highest BCUT2D eigenvalue weighted by atomic mass is 16.3. The molecule has 0 amide bonds. The first-order chi connectivity index (χ1) is 1.41. The average molecular weight is 97.1 g/mol. The van der Waals surface area contributed by atoms with Gasteiger partial charge in [-0.05, 0) is 0 Å². The lowest BCUT2D eigenvalue weighted by Crippen LogP contribution is -1.48. The summed E-state index contributed by atoms with van der Waals surface area (Å²) in [4.78, 5) is 8.24. The molecule has 5 nitrogen and oxygen atoms in total. The molecule has 0 saturated carbocycles. The van der Waals surface area contributed by atoms with Gasteiger partial charge in [0.25, 0.3) is 0 Å². The first kappa shape index (κ1) is 60.1. The molecule has 9 N–H and O–H groups in total. The lowest BCUT2D eigenvalue weighted by atomic mass is 11.7. The van der Waals surface area contributed by atoms with Crippen LogP contribution in [0.5, 0.6) is 0 Å². The lowest BCUT2D eigenvalue weighted by molar-refractivity contribution is 0.437. The smallest absolute Gasteiger partial charge is 0.412 e. The number of rotatable bonds is 0. The van der Waals surface area contributed by atoms with Gasteiger partial charge in [0, 0.05) is 0 Å². The van der Waals surface area contributed by atoms with Crippen LogP contribution in [0.15, 0.2) is 0 Å². The van der Waals surface area contributed by atoms with E-state index in [-0.39, 0.29) is 17.8 Å². The molecular formula is CH9N2O3+. The molecule has 0 spiro atoms. The van der Waals surface area contributed by atoms with Gasteiger partial charge in [-0.1, -0.05) is 0 Å². The minimum Gasteiger partial charge on any atom is -0.412 e. The van der Waals surface area contributed by atoms with Crippen molar-refractivity contribution >= 4 is 6.47 Å². The summed E-state index contributed by atoms with van der Waals surface area (Å²) in [6.45, 7) is 0.500. The van der Waals surface area contributed by atoms with Crippen LogP contribution in [0, 0.1) is 0 Å². The van der Waals surface area contributed by atoms with Crippen molar-refractivity contribution < 1.29 is 15.4 Å². The summed E-state index contributed by atoms with van der Waals surface area (Å²) < 4.78 is 0. The maximum atomic E-state index is 8.24. The summed E-state index contributed by atoms with van der Waals surface area (Å²) >= 11 is 0. The van der Waals surface area contributed by atoms with E-state index in [1.165, 1.54) is 0 Å². The Balaban J connectivity index is -0.00000000667. The maximum absolute atomic E-state index is 8.24. The topological polar surface area (TPSA) is 139 Å². The molecule has 0 bridgehead atoms. The molecule has 0 aliphatic heterocycles. The highest BCUT2D eigenvalue weighted by molar-refractivity contribution is 5.34. The van der Waals surface area contributed by atoms with Gasteiger partial charge in [0.05, 0.1) is 4.79 Å². The lowest BCUT2D eigenvalue weighted by Gasteiger charge is -0.998. The minimum absolute atomic E-state index is 0. The van der Waals surface area contributed by atoms with Crippen molar-refractivity contribution in [1.29, 1.82) is 0 Å². The summed E-state index contributed by atoms with van der Waals surface area (Å²) in [7, 11) is 0. The highest BCUT2D eigenvalue weighted by Gasteiger charge is 1.64. The van der Waals surface area contributed by atoms with Gasteiger partial charge in [-0.25, -0.2) is 5.11 Å². The molecule has 0 atom stereocenters. The zero-order valence-corrected chi connectivity index (χ0v) is 3.27. The van der Waals surface area contributed by atoms with E-state index in [4.69, 9.17) is 9.90 Å². The maximum Gasteiger partial charge on any atom is 0.794 e. The second-order valence-corrected chi connectivity index (χ2v) is 0.0913. The molecule has 6 heavy (non-hydrogen) atoms. The van der Waals surface area contributed by atoms with Crippen molar-refractivity contribution in [1.82, 2.24) is 12.3 Å². The Bertz CT molecular complexity index is 16.3. The third-order valence-corrected chi connectivity index (χ3v) is 0. The van der Waals surface area contributed by atoms with E-state index in [9.17, 15) is 0 Å². The zero-order chi connectivity index (χ0) is 2.71. The normalized spacial score (nSPS) is 1.33. The van der Waals surface area contributed by atoms with Gasteiger partial charge in [-0.3, -0.25) is 0 Å². The van der Waals surface area contributed by atoms with E-state index in [0.29, 0.717) is 6.47 Å². The van der Waals surface area contributed by atoms with Crippen LogP contribution in [0.25, 0.3) is 0 Å². The Morgan fingerprint density at radius 1 is 1.33 bits per heavy atom. The van der Waals surface area contributed by atoms with Gasteiger partial charge >= 0.3 is 6.47 Å². The van der Waals surface area contributed by atoms with Crippen LogP contribution in [0.3, 0.4) is 0 Å².